The third-order valence-electron chi connectivity index (χ3n) is 3.80. The number of thiophene rings is 1. The molecule has 1 N–H and O–H groups in total. The summed E-state index contributed by atoms with van der Waals surface area (Å²) >= 11 is 5.20. The summed E-state index contributed by atoms with van der Waals surface area (Å²) < 4.78 is 4.31. The van der Waals surface area contributed by atoms with Crippen molar-refractivity contribution < 1.29 is 4.79 Å². The zero-order valence-electron chi connectivity index (χ0n) is 13.4. The molecule has 0 aliphatic heterocycles. The van der Waals surface area contributed by atoms with Gasteiger partial charge in [-0.25, -0.2) is 0 Å². The number of carbonyl (C=O) groups excluding carboxylic acids is 1. The first kappa shape index (κ1) is 16.3. The molecule has 120 valence electrons. The number of nitrogens with one attached hydrogen (secondary N) is 1. The SMILES string of the molecule is Cc1ccccc1Cn1c(C(=O)NC(C)C)cc2sc(Br)cc21. The van der Waals surface area contributed by atoms with Crippen LogP contribution in [-0.2, 0) is 6.54 Å². The lowest BCUT2D eigenvalue weighted by atomic mass is 10.1. The first-order chi connectivity index (χ1) is 11.0. The smallest absolute Gasteiger partial charge is 0.268 e. The van der Waals surface area contributed by atoms with E-state index in [1.165, 1.54) is 11.1 Å². The molecule has 0 saturated carbocycles. The topological polar surface area (TPSA) is 34.0 Å². The Kier molecular flexibility index (Phi) is 4.60. The molecule has 0 aliphatic rings. The van der Waals surface area contributed by atoms with Crippen molar-refractivity contribution in [1.29, 1.82) is 0 Å². The molecular formula is C18H19BrN2OS. The minimum atomic E-state index is -0.0203. The molecule has 3 aromatic rings. The van der Waals surface area contributed by atoms with E-state index < -0.39 is 0 Å². The highest BCUT2D eigenvalue weighted by Crippen LogP contribution is 2.33. The number of hydrogen-bond acceptors (Lipinski definition) is 2. The van der Waals surface area contributed by atoms with Crippen LogP contribution in [0.25, 0.3) is 10.2 Å². The van der Waals surface area contributed by atoms with Gasteiger partial charge in [0.15, 0.2) is 0 Å². The molecule has 0 bridgehead atoms. The van der Waals surface area contributed by atoms with Gasteiger partial charge in [-0.1, -0.05) is 24.3 Å². The minimum Gasteiger partial charge on any atom is -0.349 e. The third kappa shape index (κ3) is 3.35. The van der Waals surface area contributed by atoms with Gasteiger partial charge in [0.1, 0.15) is 5.69 Å². The Bertz CT molecular complexity index is 863. The number of carbonyl (C=O) groups is 1. The lowest BCUT2D eigenvalue weighted by molar-refractivity contribution is 0.0934. The second kappa shape index (κ2) is 6.49. The molecule has 0 saturated heterocycles. The fourth-order valence-corrected chi connectivity index (χ4v) is 4.23. The van der Waals surface area contributed by atoms with Crippen molar-refractivity contribution in [2.45, 2.75) is 33.4 Å². The molecule has 0 unspecified atom stereocenters. The number of aromatic nitrogens is 1. The van der Waals surface area contributed by atoms with E-state index >= 15 is 0 Å². The van der Waals surface area contributed by atoms with Crippen molar-refractivity contribution in [2.75, 3.05) is 0 Å². The normalized spacial score (nSPS) is 11.3. The Balaban J connectivity index is 2.08. The molecule has 3 rings (SSSR count). The molecule has 0 fully saturated rings. The summed E-state index contributed by atoms with van der Waals surface area (Å²) in [4.78, 5) is 12.6. The highest BCUT2D eigenvalue weighted by Gasteiger charge is 2.18. The summed E-state index contributed by atoms with van der Waals surface area (Å²) in [7, 11) is 0. The van der Waals surface area contributed by atoms with Gasteiger partial charge in [0.25, 0.3) is 5.91 Å². The van der Waals surface area contributed by atoms with Crippen LogP contribution in [0.4, 0.5) is 0 Å². The predicted molar refractivity (Wildman–Crippen MR) is 100 cm³/mol. The molecule has 1 amide bonds. The van der Waals surface area contributed by atoms with Crippen molar-refractivity contribution in [3.8, 4) is 0 Å². The Morgan fingerprint density at radius 3 is 2.74 bits per heavy atom. The van der Waals surface area contributed by atoms with Gasteiger partial charge in [-0.2, -0.15) is 0 Å². The number of nitrogens with zero attached hydrogens (tertiary/aromatic N) is 1. The van der Waals surface area contributed by atoms with Crippen molar-refractivity contribution in [2.24, 2.45) is 0 Å². The van der Waals surface area contributed by atoms with Crippen molar-refractivity contribution >= 4 is 43.4 Å². The number of halogens is 1. The Morgan fingerprint density at radius 2 is 2.04 bits per heavy atom. The lowest BCUT2D eigenvalue weighted by Gasteiger charge is -2.14. The average Bonchev–Trinajstić information content (AvgIpc) is 2.98. The molecule has 0 atom stereocenters. The third-order valence-corrected chi connectivity index (χ3v) is 5.38. The summed E-state index contributed by atoms with van der Waals surface area (Å²) in [5, 5.41) is 3.00. The van der Waals surface area contributed by atoms with Gasteiger partial charge < -0.3 is 9.88 Å². The molecule has 0 spiro atoms. The maximum atomic E-state index is 12.6. The van der Waals surface area contributed by atoms with E-state index in [4.69, 9.17) is 0 Å². The zero-order chi connectivity index (χ0) is 16.6. The Hall–Kier alpha value is -1.59. The second-order valence-corrected chi connectivity index (χ2v) is 8.43. The van der Waals surface area contributed by atoms with Crippen LogP contribution in [0.5, 0.6) is 0 Å². The van der Waals surface area contributed by atoms with Crippen LogP contribution >= 0.6 is 27.3 Å². The molecule has 0 aliphatic carbocycles. The Labute approximate surface area is 148 Å². The summed E-state index contributed by atoms with van der Waals surface area (Å²) in [6.07, 6.45) is 0. The lowest BCUT2D eigenvalue weighted by Crippen LogP contribution is -2.31. The van der Waals surface area contributed by atoms with E-state index in [1.807, 2.05) is 32.0 Å². The van der Waals surface area contributed by atoms with Gasteiger partial charge in [-0.3, -0.25) is 4.79 Å². The van der Waals surface area contributed by atoms with Gasteiger partial charge >= 0.3 is 0 Å². The number of rotatable bonds is 4. The van der Waals surface area contributed by atoms with Crippen molar-refractivity contribution in [3.05, 3.63) is 57.0 Å². The molecule has 2 aromatic heterocycles. The molecule has 5 heteroatoms. The highest BCUT2D eigenvalue weighted by molar-refractivity contribution is 9.11. The van der Waals surface area contributed by atoms with Crippen LogP contribution in [0.1, 0.15) is 35.5 Å². The number of amides is 1. The largest absolute Gasteiger partial charge is 0.349 e. The van der Waals surface area contributed by atoms with Gasteiger partial charge in [0.2, 0.25) is 0 Å². The summed E-state index contributed by atoms with van der Waals surface area (Å²) in [6.45, 7) is 6.75. The molecular weight excluding hydrogens is 372 g/mol. The summed E-state index contributed by atoms with van der Waals surface area (Å²) in [5.74, 6) is -0.0203. The quantitative estimate of drug-likeness (QED) is 0.670. The van der Waals surface area contributed by atoms with Crippen LogP contribution < -0.4 is 5.32 Å². The zero-order valence-corrected chi connectivity index (χ0v) is 15.8. The van der Waals surface area contributed by atoms with Crippen LogP contribution in [0.3, 0.4) is 0 Å². The van der Waals surface area contributed by atoms with Crippen LogP contribution in [-0.4, -0.2) is 16.5 Å². The number of hydrogen-bond donors (Lipinski definition) is 1. The van der Waals surface area contributed by atoms with Gasteiger partial charge in [0, 0.05) is 12.6 Å². The fourth-order valence-electron chi connectivity index (χ4n) is 2.66. The maximum Gasteiger partial charge on any atom is 0.268 e. The van der Waals surface area contributed by atoms with E-state index in [0.29, 0.717) is 6.54 Å². The van der Waals surface area contributed by atoms with E-state index in [0.717, 1.165) is 19.7 Å². The fraction of sp³-hybridized carbons (Fsp3) is 0.278. The number of aryl methyl sites for hydroxylation is 1. The standard InChI is InChI=1S/C18H19BrN2OS/c1-11(2)20-18(22)15-8-16-14(9-17(19)23-16)21(15)10-13-7-5-4-6-12(13)3/h4-9,11H,10H2,1-3H3,(H,20,22). The molecule has 3 nitrogen and oxygen atoms in total. The first-order valence-electron chi connectivity index (χ1n) is 7.59. The minimum absolute atomic E-state index is 0.0203. The second-order valence-electron chi connectivity index (χ2n) is 5.97. The Morgan fingerprint density at radius 1 is 1.30 bits per heavy atom. The van der Waals surface area contributed by atoms with E-state index in [2.05, 4.69) is 50.9 Å². The van der Waals surface area contributed by atoms with Crippen molar-refractivity contribution in [1.82, 2.24) is 9.88 Å². The summed E-state index contributed by atoms with van der Waals surface area (Å²) in [6, 6.07) is 12.5. The van der Waals surface area contributed by atoms with E-state index in [-0.39, 0.29) is 11.9 Å². The maximum absolute atomic E-state index is 12.6. The molecule has 0 radical (unpaired) electrons. The highest BCUT2D eigenvalue weighted by atomic mass is 79.9. The first-order valence-corrected chi connectivity index (χ1v) is 9.20. The van der Waals surface area contributed by atoms with Gasteiger partial charge in [0.05, 0.1) is 14.0 Å². The number of fused-ring (bicyclic) bond motifs is 1. The van der Waals surface area contributed by atoms with Gasteiger partial charge in [-0.15, -0.1) is 11.3 Å². The van der Waals surface area contributed by atoms with Crippen LogP contribution in [0.15, 0.2) is 40.2 Å². The molecule has 23 heavy (non-hydrogen) atoms. The number of benzene rings is 1. The van der Waals surface area contributed by atoms with Gasteiger partial charge in [-0.05, 0) is 60.0 Å². The molecule has 2 heterocycles. The molecule has 1 aromatic carbocycles. The van der Waals surface area contributed by atoms with Crippen LogP contribution in [0, 0.1) is 6.92 Å². The van der Waals surface area contributed by atoms with Crippen LogP contribution in [0.2, 0.25) is 0 Å². The summed E-state index contributed by atoms with van der Waals surface area (Å²) in [5.41, 5.74) is 4.28. The van der Waals surface area contributed by atoms with E-state index in [9.17, 15) is 4.79 Å². The van der Waals surface area contributed by atoms with E-state index in [1.54, 1.807) is 11.3 Å². The van der Waals surface area contributed by atoms with Crippen molar-refractivity contribution in [3.63, 3.8) is 0 Å². The monoisotopic (exact) mass is 390 g/mol. The average molecular weight is 391 g/mol. The predicted octanol–water partition coefficient (Wildman–Crippen LogP) is 4.96.